The van der Waals surface area contributed by atoms with E-state index in [1.807, 2.05) is 26.0 Å². The second-order valence-electron chi connectivity index (χ2n) is 6.24. The molecule has 3 rings (SSSR count). The van der Waals surface area contributed by atoms with E-state index in [0.29, 0.717) is 5.92 Å². The predicted octanol–water partition coefficient (Wildman–Crippen LogP) is 4.37. The highest BCUT2D eigenvalue weighted by Crippen LogP contribution is 2.28. The molecule has 1 saturated heterocycles. The first-order valence-electron chi connectivity index (χ1n) is 8.03. The average molecular weight is 319 g/mol. The van der Waals surface area contributed by atoms with Crippen LogP contribution in [0.1, 0.15) is 41.3 Å². The molecule has 1 aromatic heterocycles. The van der Waals surface area contributed by atoms with Crippen LogP contribution in [0.3, 0.4) is 0 Å². The molecule has 0 aliphatic carbocycles. The van der Waals surface area contributed by atoms with E-state index in [9.17, 15) is 0 Å². The van der Waals surface area contributed by atoms with Gasteiger partial charge in [0.1, 0.15) is 5.76 Å². The lowest BCUT2D eigenvalue weighted by Gasteiger charge is -2.33. The van der Waals surface area contributed by atoms with Crippen molar-refractivity contribution in [1.82, 2.24) is 10.1 Å². The van der Waals surface area contributed by atoms with Crippen LogP contribution >= 0.6 is 11.6 Å². The van der Waals surface area contributed by atoms with Gasteiger partial charge < -0.3 is 9.42 Å². The largest absolute Gasteiger partial charge is 0.361 e. The number of likely N-dealkylation sites (tertiary alicyclic amines) is 1. The van der Waals surface area contributed by atoms with E-state index < -0.39 is 0 Å². The molecule has 1 atom stereocenters. The Hall–Kier alpha value is -1.32. The standard InChI is InChI=1S/C18H23ClN2O/c1-13-18(14(2)22-20-13)9-11-21-10-3-4-16(12-21)15-5-7-17(19)8-6-15/h5-8,16H,3-4,9-12H2,1-2H3/t16-/m0/s1. The first kappa shape index (κ1) is 15.6. The van der Waals surface area contributed by atoms with E-state index in [1.165, 1.54) is 30.5 Å². The first-order valence-corrected chi connectivity index (χ1v) is 8.41. The molecule has 0 radical (unpaired) electrons. The molecule has 3 nitrogen and oxygen atoms in total. The maximum Gasteiger partial charge on any atom is 0.137 e. The van der Waals surface area contributed by atoms with Crippen molar-refractivity contribution in [2.75, 3.05) is 19.6 Å². The van der Waals surface area contributed by atoms with Gasteiger partial charge >= 0.3 is 0 Å². The van der Waals surface area contributed by atoms with E-state index in [1.54, 1.807) is 0 Å². The van der Waals surface area contributed by atoms with Crippen molar-refractivity contribution in [3.05, 3.63) is 51.9 Å². The van der Waals surface area contributed by atoms with Crippen LogP contribution < -0.4 is 0 Å². The number of aryl methyl sites for hydroxylation is 2. The number of rotatable bonds is 4. The lowest BCUT2D eigenvalue weighted by molar-refractivity contribution is 0.210. The van der Waals surface area contributed by atoms with Gasteiger partial charge in [0.15, 0.2) is 0 Å². The molecular weight excluding hydrogens is 296 g/mol. The number of aromatic nitrogens is 1. The van der Waals surface area contributed by atoms with Gasteiger partial charge in [0.2, 0.25) is 0 Å². The lowest BCUT2D eigenvalue weighted by Crippen LogP contribution is -2.35. The topological polar surface area (TPSA) is 29.3 Å². The third-order valence-corrected chi connectivity index (χ3v) is 4.96. The van der Waals surface area contributed by atoms with E-state index in [0.717, 1.165) is 36.0 Å². The van der Waals surface area contributed by atoms with Crippen LogP contribution in [0.4, 0.5) is 0 Å². The summed E-state index contributed by atoms with van der Waals surface area (Å²) in [5, 5.41) is 4.86. The summed E-state index contributed by atoms with van der Waals surface area (Å²) in [6.45, 7) is 7.42. The molecule has 1 aliphatic heterocycles. The Bertz CT molecular complexity index is 601. The van der Waals surface area contributed by atoms with E-state index in [4.69, 9.17) is 16.1 Å². The van der Waals surface area contributed by atoms with Gasteiger partial charge in [-0.25, -0.2) is 0 Å². The molecule has 4 heteroatoms. The number of nitrogens with zero attached hydrogens (tertiary/aromatic N) is 2. The Morgan fingerprint density at radius 1 is 1.27 bits per heavy atom. The number of hydrogen-bond donors (Lipinski definition) is 0. The summed E-state index contributed by atoms with van der Waals surface area (Å²) in [5.41, 5.74) is 3.71. The Kier molecular flexibility index (Phi) is 4.84. The van der Waals surface area contributed by atoms with Crippen LogP contribution in [-0.2, 0) is 6.42 Å². The Labute approximate surface area is 137 Å². The van der Waals surface area contributed by atoms with E-state index in [-0.39, 0.29) is 0 Å². The molecule has 0 unspecified atom stereocenters. The van der Waals surface area contributed by atoms with Crippen molar-refractivity contribution in [2.45, 2.75) is 39.0 Å². The summed E-state index contributed by atoms with van der Waals surface area (Å²) in [6.07, 6.45) is 3.55. The summed E-state index contributed by atoms with van der Waals surface area (Å²) in [4.78, 5) is 2.56. The highest BCUT2D eigenvalue weighted by Gasteiger charge is 2.21. The van der Waals surface area contributed by atoms with Gasteiger partial charge in [-0.15, -0.1) is 0 Å². The zero-order chi connectivity index (χ0) is 15.5. The zero-order valence-corrected chi connectivity index (χ0v) is 14.1. The minimum Gasteiger partial charge on any atom is -0.361 e. The third kappa shape index (κ3) is 3.53. The van der Waals surface area contributed by atoms with Crippen LogP contribution in [0.5, 0.6) is 0 Å². The Morgan fingerprint density at radius 3 is 2.73 bits per heavy atom. The summed E-state index contributed by atoms with van der Waals surface area (Å²) in [7, 11) is 0. The number of piperidine rings is 1. The maximum absolute atomic E-state index is 5.99. The molecular formula is C18H23ClN2O. The quantitative estimate of drug-likeness (QED) is 0.838. The lowest BCUT2D eigenvalue weighted by atomic mass is 9.90. The maximum atomic E-state index is 5.99. The molecule has 1 aliphatic rings. The van der Waals surface area contributed by atoms with Crippen molar-refractivity contribution in [1.29, 1.82) is 0 Å². The van der Waals surface area contributed by atoms with Crippen LogP contribution in [0.2, 0.25) is 5.02 Å². The first-order chi connectivity index (χ1) is 10.6. The fourth-order valence-electron chi connectivity index (χ4n) is 3.39. The molecule has 2 heterocycles. The molecule has 118 valence electrons. The zero-order valence-electron chi connectivity index (χ0n) is 13.3. The molecule has 2 aromatic rings. The predicted molar refractivity (Wildman–Crippen MR) is 89.5 cm³/mol. The van der Waals surface area contributed by atoms with Gasteiger partial charge in [0, 0.05) is 23.7 Å². The Morgan fingerprint density at radius 2 is 2.05 bits per heavy atom. The Balaban J connectivity index is 1.60. The monoisotopic (exact) mass is 318 g/mol. The summed E-state index contributed by atoms with van der Waals surface area (Å²) >= 11 is 5.99. The number of hydrogen-bond acceptors (Lipinski definition) is 3. The smallest absolute Gasteiger partial charge is 0.137 e. The fourth-order valence-corrected chi connectivity index (χ4v) is 3.52. The second-order valence-corrected chi connectivity index (χ2v) is 6.68. The SMILES string of the molecule is Cc1noc(C)c1CCN1CCC[C@H](c2ccc(Cl)cc2)C1. The molecule has 0 spiro atoms. The van der Waals surface area contributed by atoms with Crippen molar-refractivity contribution in [2.24, 2.45) is 0 Å². The van der Waals surface area contributed by atoms with Gasteiger partial charge in [-0.3, -0.25) is 0 Å². The molecule has 0 saturated carbocycles. The van der Waals surface area contributed by atoms with Crippen LogP contribution in [-0.4, -0.2) is 29.7 Å². The van der Waals surface area contributed by atoms with Crippen molar-refractivity contribution in [3.8, 4) is 0 Å². The number of halogens is 1. The van der Waals surface area contributed by atoms with Crippen molar-refractivity contribution < 1.29 is 4.52 Å². The fraction of sp³-hybridized carbons (Fsp3) is 0.500. The molecule has 1 aromatic carbocycles. The van der Waals surface area contributed by atoms with Crippen LogP contribution in [0, 0.1) is 13.8 Å². The summed E-state index contributed by atoms with van der Waals surface area (Å²) in [6, 6.07) is 8.34. The van der Waals surface area contributed by atoms with Crippen molar-refractivity contribution >= 4 is 11.6 Å². The second kappa shape index (κ2) is 6.84. The minimum absolute atomic E-state index is 0.621. The molecule has 1 fully saturated rings. The molecule has 0 amide bonds. The van der Waals surface area contributed by atoms with Gasteiger partial charge in [0.05, 0.1) is 5.69 Å². The van der Waals surface area contributed by atoms with Crippen LogP contribution in [0.25, 0.3) is 0 Å². The molecule has 22 heavy (non-hydrogen) atoms. The van der Waals surface area contributed by atoms with E-state index in [2.05, 4.69) is 22.2 Å². The summed E-state index contributed by atoms with van der Waals surface area (Å²) in [5.74, 6) is 1.58. The molecule has 0 bridgehead atoms. The highest BCUT2D eigenvalue weighted by atomic mass is 35.5. The average Bonchev–Trinajstić information content (AvgIpc) is 2.85. The van der Waals surface area contributed by atoms with Gasteiger partial charge in [0.25, 0.3) is 0 Å². The molecule has 0 N–H and O–H groups in total. The van der Waals surface area contributed by atoms with E-state index >= 15 is 0 Å². The van der Waals surface area contributed by atoms with Crippen molar-refractivity contribution in [3.63, 3.8) is 0 Å². The van der Waals surface area contributed by atoms with Crippen LogP contribution in [0.15, 0.2) is 28.8 Å². The van der Waals surface area contributed by atoms with Gasteiger partial charge in [-0.2, -0.15) is 0 Å². The van der Waals surface area contributed by atoms with Gasteiger partial charge in [-0.05, 0) is 63.3 Å². The highest BCUT2D eigenvalue weighted by molar-refractivity contribution is 6.30. The normalized spacial score (nSPS) is 19.5. The third-order valence-electron chi connectivity index (χ3n) is 4.71. The minimum atomic E-state index is 0.621. The summed E-state index contributed by atoms with van der Waals surface area (Å²) < 4.78 is 5.26. The van der Waals surface area contributed by atoms with Gasteiger partial charge in [-0.1, -0.05) is 28.9 Å². The number of benzene rings is 1.